The highest BCUT2D eigenvalue weighted by atomic mass is 16.1. The molecule has 0 spiro atoms. The van der Waals surface area contributed by atoms with Gasteiger partial charge in [0.1, 0.15) is 0 Å². The Kier molecular flexibility index (Phi) is 4.81. The number of nitrogens with zero attached hydrogens (tertiary/aromatic N) is 1. The van der Waals surface area contributed by atoms with Crippen LogP contribution >= 0.6 is 0 Å². The van der Waals surface area contributed by atoms with Crippen LogP contribution in [0.3, 0.4) is 0 Å². The minimum absolute atomic E-state index is 0.0781. The van der Waals surface area contributed by atoms with Crippen LogP contribution in [0.5, 0.6) is 0 Å². The summed E-state index contributed by atoms with van der Waals surface area (Å²) < 4.78 is 2.43. The number of hydrogen-bond donors (Lipinski definition) is 0. The fraction of sp³-hybridized carbons (Fsp3) is 0.240. The molecule has 0 bridgehead atoms. The fourth-order valence-electron chi connectivity index (χ4n) is 3.95. The van der Waals surface area contributed by atoms with Crippen LogP contribution in [0.25, 0.3) is 21.8 Å². The molecule has 2 heteroatoms. The summed E-state index contributed by atoms with van der Waals surface area (Å²) in [6.45, 7) is 5.54. The van der Waals surface area contributed by atoms with Crippen molar-refractivity contribution in [2.75, 3.05) is 0 Å². The van der Waals surface area contributed by atoms with Crippen LogP contribution in [0.2, 0.25) is 0 Å². The Morgan fingerprint density at radius 1 is 0.778 bits per heavy atom. The van der Waals surface area contributed by atoms with Gasteiger partial charge in [0.2, 0.25) is 0 Å². The highest BCUT2D eigenvalue weighted by Gasteiger charge is 2.16. The van der Waals surface area contributed by atoms with Crippen molar-refractivity contribution in [3.05, 3.63) is 83.9 Å². The molecule has 0 aliphatic heterocycles. The monoisotopic (exact) mass is 355 g/mol. The van der Waals surface area contributed by atoms with Crippen molar-refractivity contribution in [1.29, 1.82) is 0 Å². The molecule has 0 amide bonds. The van der Waals surface area contributed by atoms with Gasteiger partial charge in [0.05, 0.1) is 0 Å². The molecule has 4 rings (SSSR count). The molecule has 4 aromatic rings. The molecule has 27 heavy (non-hydrogen) atoms. The SMILES string of the molecule is CCC(CC)Cn1c2ccccc2c2cc(C(=O)c3ccccc3)ccc21. The number of carbonyl (C=O) groups excluding carboxylic acids is 1. The minimum atomic E-state index is 0.0781. The van der Waals surface area contributed by atoms with Gasteiger partial charge < -0.3 is 4.57 Å². The van der Waals surface area contributed by atoms with E-state index in [9.17, 15) is 4.79 Å². The summed E-state index contributed by atoms with van der Waals surface area (Å²) in [5, 5.41) is 2.39. The van der Waals surface area contributed by atoms with E-state index in [0.717, 1.165) is 17.7 Å². The highest BCUT2D eigenvalue weighted by molar-refractivity contribution is 6.14. The second kappa shape index (κ2) is 7.40. The number of carbonyl (C=O) groups is 1. The van der Waals surface area contributed by atoms with Crippen molar-refractivity contribution in [3.63, 3.8) is 0 Å². The molecule has 2 nitrogen and oxygen atoms in total. The minimum Gasteiger partial charge on any atom is -0.340 e. The first-order valence-corrected chi connectivity index (χ1v) is 9.83. The molecule has 0 saturated carbocycles. The van der Waals surface area contributed by atoms with Gasteiger partial charge in [-0.25, -0.2) is 0 Å². The van der Waals surface area contributed by atoms with Crippen LogP contribution < -0.4 is 0 Å². The quantitative estimate of drug-likeness (QED) is 0.364. The standard InChI is InChI=1S/C25H25NO/c1-3-18(4-2)17-26-23-13-9-8-12-21(23)22-16-20(14-15-24(22)26)25(27)19-10-6-5-7-11-19/h5-16,18H,3-4,17H2,1-2H3. The molecule has 0 N–H and O–H groups in total. The van der Waals surface area contributed by atoms with E-state index < -0.39 is 0 Å². The number of rotatable bonds is 6. The van der Waals surface area contributed by atoms with Crippen LogP contribution in [0.1, 0.15) is 42.6 Å². The van der Waals surface area contributed by atoms with Crippen LogP contribution in [-0.2, 0) is 6.54 Å². The van der Waals surface area contributed by atoms with Gasteiger partial charge in [-0.05, 0) is 30.2 Å². The second-order valence-corrected chi connectivity index (χ2v) is 7.24. The zero-order chi connectivity index (χ0) is 18.8. The van der Waals surface area contributed by atoms with Crippen molar-refractivity contribution < 1.29 is 4.79 Å². The molecule has 1 aromatic heterocycles. The van der Waals surface area contributed by atoms with Gasteiger partial charge in [-0.3, -0.25) is 4.79 Å². The molecule has 0 aliphatic rings. The van der Waals surface area contributed by atoms with E-state index in [2.05, 4.69) is 54.8 Å². The predicted molar refractivity (Wildman–Crippen MR) is 113 cm³/mol. The average molecular weight is 355 g/mol. The maximum absolute atomic E-state index is 12.9. The summed E-state index contributed by atoms with van der Waals surface area (Å²) >= 11 is 0. The first-order chi connectivity index (χ1) is 13.2. The highest BCUT2D eigenvalue weighted by Crippen LogP contribution is 2.31. The Hall–Kier alpha value is -2.87. The Labute approximate surface area is 160 Å². The maximum atomic E-state index is 12.9. The maximum Gasteiger partial charge on any atom is 0.193 e. The van der Waals surface area contributed by atoms with Crippen molar-refractivity contribution in [1.82, 2.24) is 4.57 Å². The summed E-state index contributed by atoms with van der Waals surface area (Å²) in [6, 6.07) is 24.2. The van der Waals surface area contributed by atoms with Gasteiger partial charge in [-0.2, -0.15) is 0 Å². The number of benzene rings is 3. The number of ketones is 1. The van der Waals surface area contributed by atoms with Gasteiger partial charge >= 0.3 is 0 Å². The van der Waals surface area contributed by atoms with Crippen LogP contribution in [-0.4, -0.2) is 10.4 Å². The largest absolute Gasteiger partial charge is 0.340 e. The van der Waals surface area contributed by atoms with Crippen molar-refractivity contribution >= 4 is 27.6 Å². The molecule has 0 fully saturated rings. The van der Waals surface area contributed by atoms with Crippen LogP contribution in [0, 0.1) is 5.92 Å². The van der Waals surface area contributed by atoms with Crippen molar-refractivity contribution in [2.24, 2.45) is 5.92 Å². The van der Waals surface area contributed by atoms with Gasteiger partial charge in [-0.1, -0.05) is 75.2 Å². The van der Waals surface area contributed by atoms with Gasteiger partial charge in [0.15, 0.2) is 5.78 Å². The Balaban J connectivity index is 1.87. The third-order valence-corrected chi connectivity index (χ3v) is 5.67. The normalized spacial score (nSPS) is 11.5. The Morgan fingerprint density at radius 2 is 1.44 bits per heavy atom. The topological polar surface area (TPSA) is 22.0 Å². The fourth-order valence-corrected chi connectivity index (χ4v) is 3.95. The first-order valence-electron chi connectivity index (χ1n) is 9.83. The molecular weight excluding hydrogens is 330 g/mol. The summed E-state index contributed by atoms with van der Waals surface area (Å²) in [5.41, 5.74) is 3.95. The lowest BCUT2D eigenvalue weighted by atomic mass is 10.0. The lowest BCUT2D eigenvalue weighted by Gasteiger charge is -2.15. The third-order valence-electron chi connectivity index (χ3n) is 5.67. The predicted octanol–water partition coefficient (Wildman–Crippen LogP) is 6.46. The van der Waals surface area contributed by atoms with E-state index >= 15 is 0 Å². The average Bonchev–Trinajstić information content (AvgIpc) is 3.05. The summed E-state index contributed by atoms with van der Waals surface area (Å²) in [5.74, 6) is 0.740. The van der Waals surface area contributed by atoms with Crippen LogP contribution in [0.15, 0.2) is 72.8 Å². The molecule has 0 radical (unpaired) electrons. The summed E-state index contributed by atoms with van der Waals surface area (Å²) in [6.07, 6.45) is 2.35. The Morgan fingerprint density at radius 3 is 2.19 bits per heavy atom. The van der Waals surface area contributed by atoms with E-state index in [4.69, 9.17) is 0 Å². The molecule has 0 atom stereocenters. The van der Waals surface area contributed by atoms with E-state index in [0.29, 0.717) is 5.92 Å². The van der Waals surface area contributed by atoms with E-state index in [1.54, 1.807) is 0 Å². The number of para-hydroxylation sites is 1. The first kappa shape index (κ1) is 17.5. The van der Waals surface area contributed by atoms with Gasteiger partial charge in [0, 0.05) is 39.5 Å². The second-order valence-electron chi connectivity index (χ2n) is 7.24. The van der Waals surface area contributed by atoms with Gasteiger partial charge in [-0.15, -0.1) is 0 Å². The zero-order valence-corrected chi connectivity index (χ0v) is 16.0. The van der Waals surface area contributed by atoms with Crippen LogP contribution in [0.4, 0.5) is 0 Å². The molecule has 3 aromatic carbocycles. The van der Waals surface area contributed by atoms with E-state index in [1.807, 2.05) is 36.4 Å². The molecule has 0 saturated heterocycles. The number of hydrogen-bond acceptors (Lipinski definition) is 1. The number of fused-ring (bicyclic) bond motifs is 3. The van der Waals surface area contributed by atoms with E-state index in [1.165, 1.54) is 34.6 Å². The zero-order valence-electron chi connectivity index (χ0n) is 16.0. The molecule has 1 heterocycles. The molecule has 0 unspecified atom stereocenters. The molecule has 136 valence electrons. The van der Waals surface area contributed by atoms with Gasteiger partial charge in [0.25, 0.3) is 0 Å². The summed E-state index contributed by atoms with van der Waals surface area (Å²) in [4.78, 5) is 12.9. The third kappa shape index (κ3) is 3.16. The van der Waals surface area contributed by atoms with E-state index in [-0.39, 0.29) is 5.78 Å². The van der Waals surface area contributed by atoms with Crippen molar-refractivity contribution in [2.45, 2.75) is 33.2 Å². The van der Waals surface area contributed by atoms with Crippen molar-refractivity contribution in [3.8, 4) is 0 Å². The molecular formula is C25H25NO. The lowest BCUT2D eigenvalue weighted by molar-refractivity contribution is 0.103. The summed E-state index contributed by atoms with van der Waals surface area (Å²) in [7, 11) is 0. The number of aromatic nitrogens is 1. The molecule has 0 aliphatic carbocycles. The lowest BCUT2D eigenvalue weighted by Crippen LogP contribution is -2.09. The smallest absolute Gasteiger partial charge is 0.193 e. The Bertz CT molecular complexity index is 1090.